The minimum absolute atomic E-state index is 0.488. The molecular weight excluding hydrogens is 259 g/mol. The lowest BCUT2D eigenvalue weighted by Crippen LogP contribution is -2.01. The van der Waals surface area contributed by atoms with Crippen LogP contribution in [0, 0.1) is 5.95 Å². The van der Waals surface area contributed by atoms with Gasteiger partial charge in [-0.25, -0.2) is 4.98 Å². The van der Waals surface area contributed by atoms with Crippen molar-refractivity contribution in [3.63, 3.8) is 0 Å². The van der Waals surface area contributed by atoms with Crippen LogP contribution in [0.2, 0.25) is 0 Å². The van der Waals surface area contributed by atoms with Gasteiger partial charge in [0.1, 0.15) is 0 Å². The van der Waals surface area contributed by atoms with Crippen LogP contribution in [0.15, 0.2) is 36.5 Å². The van der Waals surface area contributed by atoms with Crippen molar-refractivity contribution >= 4 is 5.69 Å². The monoisotopic (exact) mass is 276 g/mol. The zero-order valence-electron chi connectivity index (χ0n) is 11.5. The lowest BCUT2D eigenvalue weighted by atomic mass is 10.2. The number of rotatable bonds is 6. The molecule has 0 bridgehead atoms. The predicted molar refractivity (Wildman–Crippen MR) is 75.7 cm³/mol. The highest BCUT2D eigenvalue weighted by molar-refractivity contribution is 5.45. The second-order valence-corrected chi connectivity index (χ2v) is 4.14. The van der Waals surface area contributed by atoms with Gasteiger partial charge in [-0.3, -0.25) is 0 Å². The molecule has 0 atom stereocenters. The zero-order valence-corrected chi connectivity index (χ0v) is 11.5. The Bertz CT molecular complexity index is 558. The molecule has 1 heterocycles. The molecule has 106 valence electrons. The molecule has 0 unspecified atom stereocenters. The van der Waals surface area contributed by atoms with Gasteiger partial charge in [0.15, 0.2) is 11.5 Å². The Hall–Kier alpha value is -2.30. The first kappa shape index (κ1) is 14.1. The van der Waals surface area contributed by atoms with Gasteiger partial charge in [-0.1, -0.05) is 6.07 Å². The first-order valence-electron chi connectivity index (χ1n) is 6.38. The molecule has 0 aliphatic rings. The molecule has 1 aromatic heterocycles. The van der Waals surface area contributed by atoms with Crippen LogP contribution < -0.4 is 14.8 Å². The molecule has 0 amide bonds. The normalized spacial score (nSPS) is 10.2. The number of nitrogens with zero attached hydrogens (tertiary/aromatic N) is 1. The highest BCUT2D eigenvalue weighted by Gasteiger charge is 2.05. The maximum absolute atomic E-state index is 12.7. The van der Waals surface area contributed by atoms with Gasteiger partial charge < -0.3 is 14.8 Å². The minimum atomic E-state index is -0.488. The van der Waals surface area contributed by atoms with E-state index in [4.69, 9.17) is 9.47 Å². The first-order valence-corrected chi connectivity index (χ1v) is 6.38. The summed E-state index contributed by atoms with van der Waals surface area (Å²) in [7, 11) is 1.61. The number of hydrogen-bond acceptors (Lipinski definition) is 4. The van der Waals surface area contributed by atoms with Crippen LogP contribution in [-0.2, 0) is 6.54 Å². The van der Waals surface area contributed by atoms with Crippen molar-refractivity contribution < 1.29 is 13.9 Å². The topological polar surface area (TPSA) is 43.4 Å². The molecule has 5 heteroatoms. The fourth-order valence-electron chi connectivity index (χ4n) is 1.78. The van der Waals surface area contributed by atoms with E-state index in [0.29, 0.717) is 18.9 Å². The summed E-state index contributed by atoms with van der Waals surface area (Å²) in [5, 5.41) is 3.17. The summed E-state index contributed by atoms with van der Waals surface area (Å²) in [5.74, 6) is 0.934. The summed E-state index contributed by atoms with van der Waals surface area (Å²) in [5.41, 5.74) is 1.80. The number of anilines is 1. The van der Waals surface area contributed by atoms with Crippen molar-refractivity contribution in [1.29, 1.82) is 0 Å². The molecular formula is C15H17FN2O2. The smallest absolute Gasteiger partial charge is 0.212 e. The Labute approximate surface area is 117 Å². The number of benzene rings is 1. The molecule has 4 nitrogen and oxygen atoms in total. The maximum atomic E-state index is 12.7. The van der Waals surface area contributed by atoms with Gasteiger partial charge in [0.25, 0.3) is 0 Å². The van der Waals surface area contributed by atoms with Crippen LogP contribution in [-0.4, -0.2) is 18.7 Å². The molecule has 0 fully saturated rings. The second-order valence-electron chi connectivity index (χ2n) is 4.14. The third-order valence-corrected chi connectivity index (χ3v) is 2.75. The van der Waals surface area contributed by atoms with Crippen LogP contribution in [0.1, 0.15) is 12.5 Å². The van der Waals surface area contributed by atoms with Crippen molar-refractivity contribution in [3.8, 4) is 11.5 Å². The van der Waals surface area contributed by atoms with E-state index in [0.717, 1.165) is 17.0 Å². The zero-order chi connectivity index (χ0) is 14.4. The van der Waals surface area contributed by atoms with Gasteiger partial charge in [-0.15, -0.1) is 0 Å². The fourth-order valence-corrected chi connectivity index (χ4v) is 1.78. The maximum Gasteiger partial charge on any atom is 0.212 e. The SMILES string of the molecule is CCOc1ccc(CNc2ccc(F)nc2)cc1OC. The number of hydrogen-bond donors (Lipinski definition) is 1. The third kappa shape index (κ3) is 3.60. The van der Waals surface area contributed by atoms with E-state index in [9.17, 15) is 4.39 Å². The van der Waals surface area contributed by atoms with Gasteiger partial charge in [0.2, 0.25) is 5.95 Å². The van der Waals surface area contributed by atoms with E-state index < -0.39 is 5.95 Å². The van der Waals surface area contributed by atoms with Gasteiger partial charge in [0.05, 0.1) is 25.6 Å². The molecule has 0 aliphatic carbocycles. The predicted octanol–water partition coefficient (Wildman–Crippen LogP) is 3.24. The molecule has 2 aromatic rings. The molecule has 0 radical (unpaired) electrons. The average Bonchev–Trinajstić information content (AvgIpc) is 2.48. The highest BCUT2D eigenvalue weighted by atomic mass is 19.1. The van der Waals surface area contributed by atoms with E-state index in [1.54, 1.807) is 13.2 Å². The van der Waals surface area contributed by atoms with E-state index in [2.05, 4.69) is 10.3 Å². The van der Waals surface area contributed by atoms with Crippen LogP contribution in [0.5, 0.6) is 11.5 Å². The van der Waals surface area contributed by atoms with Crippen molar-refractivity contribution in [1.82, 2.24) is 4.98 Å². The van der Waals surface area contributed by atoms with Crippen molar-refractivity contribution in [2.24, 2.45) is 0 Å². The minimum Gasteiger partial charge on any atom is -0.493 e. The van der Waals surface area contributed by atoms with Crippen LogP contribution in [0.4, 0.5) is 10.1 Å². The lowest BCUT2D eigenvalue weighted by Gasteiger charge is -2.12. The Morgan fingerprint density at radius 2 is 2.05 bits per heavy atom. The third-order valence-electron chi connectivity index (χ3n) is 2.75. The van der Waals surface area contributed by atoms with Gasteiger partial charge >= 0.3 is 0 Å². The Kier molecular flexibility index (Phi) is 4.76. The van der Waals surface area contributed by atoms with Crippen molar-refractivity contribution in [2.75, 3.05) is 19.0 Å². The summed E-state index contributed by atoms with van der Waals surface area (Å²) in [6.45, 7) is 3.11. The number of aromatic nitrogens is 1. The standard InChI is InChI=1S/C15H17FN2O2/c1-3-20-13-6-4-11(8-14(13)19-2)9-17-12-5-7-15(16)18-10-12/h4-8,10,17H,3,9H2,1-2H3. The van der Waals surface area contributed by atoms with Gasteiger partial charge in [-0.2, -0.15) is 4.39 Å². The number of methoxy groups -OCH3 is 1. The second kappa shape index (κ2) is 6.75. The summed E-state index contributed by atoms with van der Waals surface area (Å²) in [6.07, 6.45) is 1.46. The van der Waals surface area contributed by atoms with Crippen LogP contribution >= 0.6 is 0 Å². The largest absolute Gasteiger partial charge is 0.493 e. The van der Waals surface area contributed by atoms with Gasteiger partial charge in [-0.05, 0) is 36.8 Å². The van der Waals surface area contributed by atoms with E-state index in [1.807, 2.05) is 25.1 Å². The summed E-state index contributed by atoms with van der Waals surface area (Å²) < 4.78 is 23.4. The number of halogens is 1. The molecule has 2 rings (SSSR count). The van der Waals surface area contributed by atoms with Crippen molar-refractivity contribution in [3.05, 3.63) is 48.0 Å². The number of pyridine rings is 1. The van der Waals surface area contributed by atoms with E-state index >= 15 is 0 Å². The summed E-state index contributed by atoms with van der Waals surface area (Å²) in [6, 6.07) is 8.71. The molecule has 20 heavy (non-hydrogen) atoms. The molecule has 0 saturated carbocycles. The van der Waals surface area contributed by atoms with Crippen LogP contribution in [0.25, 0.3) is 0 Å². The molecule has 0 spiro atoms. The Morgan fingerprint density at radius 3 is 2.70 bits per heavy atom. The lowest BCUT2D eigenvalue weighted by molar-refractivity contribution is 0.310. The molecule has 1 N–H and O–H groups in total. The quantitative estimate of drug-likeness (QED) is 0.823. The summed E-state index contributed by atoms with van der Waals surface area (Å²) >= 11 is 0. The molecule has 0 aliphatic heterocycles. The summed E-state index contributed by atoms with van der Waals surface area (Å²) in [4.78, 5) is 3.59. The number of nitrogens with one attached hydrogen (secondary N) is 1. The number of ether oxygens (including phenoxy) is 2. The average molecular weight is 276 g/mol. The highest BCUT2D eigenvalue weighted by Crippen LogP contribution is 2.28. The Morgan fingerprint density at radius 1 is 1.20 bits per heavy atom. The Balaban J connectivity index is 2.04. The molecule has 0 saturated heterocycles. The van der Waals surface area contributed by atoms with Crippen molar-refractivity contribution in [2.45, 2.75) is 13.5 Å². The van der Waals surface area contributed by atoms with E-state index in [-0.39, 0.29) is 0 Å². The van der Waals surface area contributed by atoms with Gasteiger partial charge in [0, 0.05) is 6.54 Å². The fraction of sp³-hybridized carbons (Fsp3) is 0.267. The van der Waals surface area contributed by atoms with E-state index in [1.165, 1.54) is 12.3 Å². The first-order chi connectivity index (χ1) is 9.72. The molecule has 1 aromatic carbocycles. The van der Waals surface area contributed by atoms with Crippen LogP contribution in [0.3, 0.4) is 0 Å².